The summed E-state index contributed by atoms with van der Waals surface area (Å²) in [6.07, 6.45) is 3.63. The highest BCUT2D eigenvalue weighted by atomic mass is 127. The minimum atomic E-state index is 0.678. The average molecular weight is 391 g/mol. The molecule has 21 heavy (non-hydrogen) atoms. The summed E-state index contributed by atoms with van der Waals surface area (Å²) in [5, 5.41) is 5.66. The SMILES string of the molecule is C=Cc1ccnc2c1c(I)nn2Cc1ccc(OC)cc1. The van der Waals surface area contributed by atoms with Gasteiger partial charge in [-0.2, -0.15) is 5.10 Å². The van der Waals surface area contributed by atoms with Crippen molar-refractivity contribution < 1.29 is 4.74 Å². The van der Waals surface area contributed by atoms with E-state index in [0.29, 0.717) is 6.54 Å². The maximum atomic E-state index is 5.18. The molecule has 2 aromatic heterocycles. The third kappa shape index (κ3) is 2.65. The molecule has 0 bridgehead atoms. The summed E-state index contributed by atoms with van der Waals surface area (Å²) in [4.78, 5) is 4.46. The second-order valence-corrected chi connectivity index (χ2v) is 5.62. The zero-order valence-electron chi connectivity index (χ0n) is 11.6. The molecule has 0 amide bonds. The summed E-state index contributed by atoms with van der Waals surface area (Å²) < 4.78 is 8.04. The lowest BCUT2D eigenvalue weighted by Gasteiger charge is -2.05. The number of benzene rings is 1. The summed E-state index contributed by atoms with van der Waals surface area (Å²) in [6.45, 7) is 4.53. The van der Waals surface area contributed by atoms with Crippen molar-refractivity contribution in [1.82, 2.24) is 14.8 Å². The third-order valence-corrected chi connectivity index (χ3v) is 4.09. The van der Waals surface area contributed by atoms with Crippen LogP contribution in [0.2, 0.25) is 0 Å². The Morgan fingerprint density at radius 3 is 2.71 bits per heavy atom. The molecule has 0 saturated heterocycles. The fourth-order valence-electron chi connectivity index (χ4n) is 2.26. The number of methoxy groups -OCH3 is 1. The number of pyridine rings is 1. The fraction of sp³-hybridized carbons (Fsp3) is 0.125. The number of fused-ring (bicyclic) bond motifs is 1. The molecule has 106 valence electrons. The van der Waals surface area contributed by atoms with Crippen molar-refractivity contribution in [3.8, 4) is 5.75 Å². The molecule has 0 fully saturated rings. The highest BCUT2D eigenvalue weighted by Gasteiger charge is 2.12. The maximum Gasteiger partial charge on any atom is 0.159 e. The van der Waals surface area contributed by atoms with Crippen LogP contribution in [0.25, 0.3) is 17.1 Å². The second-order valence-electron chi connectivity index (χ2n) is 4.60. The standard InChI is InChI=1S/C16H14IN3O/c1-3-12-8-9-18-16-14(12)15(17)19-20(16)10-11-4-6-13(21-2)7-5-11/h3-9H,1,10H2,2H3. The van der Waals surface area contributed by atoms with Gasteiger partial charge in [-0.3, -0.25) is 0 Å². The van der Waals surface area contributed by atoms with Crippen LogP contribution in [0.15, 0.2) is 43.1 Å². The fourth-order valence-corrected chi connectivity index (χ4v) is 3.07. The molecule has 3 rings (SSSR count). The highest BCUT2D eigenvalue weighted by Crippen LogP contribution is 2.24. The molecule has 0 aliphatic rings. The van der Waals surface area contributed by atoms with E-state index in [0.717, 1.165) is 31.6 Å². The second kappa shape index (κ2) is 5.85. The Labute approximate surface area is 136 Å². The van der Waals surface area contributed by atoms with E-state index in [4.69, 9.17) is 4.74 Å². The molecule has 0 atom stereocenters. The van der Waals surface area contributed by atoms with Gasteiger partial charge in [0.2, 0.25) is 0 Å². The first-order valence-corrected chi connectivity index (χ1v) is 7.57. The molecule has 0 aliphatic heterocycles. The molecule has 0 aliphatic carbocycles. The van der Waals surface area contributed by atoms with Crippen LogP contribution in [0.1, 0.15) is 11.1 Å². The molecule has 0 spiro atoms. The van der Waals surface area contributed by atoms with Gasteiger partial charge in [-0.1, -0.05) is 24.8 Å². The molecular formula is C16H14IN3O. The van der Waals surface area contributed by atoms with E-state index in [1.807, 2.05) is 41.1 Å². The largest absolute Gasteiger partial charge is 0.497 e. The average Bonchev–Trinajstić information content (AvgIpc) is 2.84. The van der Waals surface area contributed by atoms with E-state index in [1.54, 1.807) is 13.3 Å². The monoisotopic (exact) mass is 391 g/mol. The predicted molar refractivity (Wildman–Crippen MR) is 92.4 cm³/mol. The third-order valence-electron chi connectivity index (χ3n) is 3.33. The number of nitrogens with zero attached hydrogens (tertiary/aromatic N) is 3. The molecule has 0 N–H and O–H groups in total. The van der Waals surface area contributed by atoms with E-state index >= 15 is 0 Å². The summed E-state index contributed by atoms with van der Waals surface area (Å²) in [6, 6.07) is 9.94. The van der Waals surface area contributed by atoms with Crippen LogP contribution in [0.4, 0.5) is 0 Å². The van der Waals surface area contributed by atoms with Crippen LogP contribution in [-0.4, -0.2) is 21.9 Å². The van der Waals surface area contributed by atoms with Gasteiger partial charge in [0.25, 0.3) is 0 Å². The zero-order valence-corrected chi connectivity index (χ0v) is 13.7. The van der Waals surface area contributed by atoms with E-state index < -0.39 is 0 Å². The number of halogens is 1. The molecule has 1 aromatic carbocycles. The van der Waals surface area contributed by atoms with Gasteiger partial charge in [0.05, 0.1) is 19.0 Å². The first kappa shape index (κ1) is 14.1. The van der Waals surface area contributed by atoms with E-state index in [9.17, 15) is 0 Å². The molecule has 5 heteroatoms. The zero-order chi connectivity index (χ0) is 14.8. The minimum absolute atomic E-state index is 0.678. The topological polar surface area (TPSA) is 39.9 Å². The summed E-state index contributed by atoms with van der Waals surface area (Å²) in [5.74, 6) is 0.853. The molecule has 2 heterocycles. The van der Waals surface area contributed by atoms with Crippen molar-refractivity contribution in [2.45, 2.75) is 6.54 Å². The van der Waals surface area contributed by atoms with Crippen LogP contribution < -0.4 is 4.74 Å². The molecular weight excluding hydrogens is 377 g/mol. The summed E-state index contributed by atoms with van der Waals surface area (Å²) in [5.41, 5.74) is 3.10. The Morgan fingerprint density at radius 1 is 1.29 bits per heavy atom. The van der Waals surface area contributed by atoms with E-state index in [1.165, 1.54) is 0 Å². The first-order valence-electron chi connectivity index (χ1n) is 6.49. The van der Waals surface area contributed by atoms with Crippen molar-refractivity contribution in [1.29, 1.82) is 0 Å². The number of aromatic nitrogens is 3. The predicted octanol–water partition coefficient (Wildman–Crippen LogP) is 3.74. The number of hydrogen-bond acceptors (Lipinski definition) is 3. The lowest BCUT2D eigenvalue weighted by molar-refractivity contribution is 0.414. The van der Waals surface area contributed by atoms with Gasteiger partial charge in [0, 0.05) is 6.20 Å². The number of hydrogen-bond donors (Lipinski definition) is 0. The molecule has 0 radical (unpaired) electrons. The van der Waals surface area contributed by atoms with Gasteiger partial charge in [0.1, 0.15) is 9.45 Å². The molecule has 0 unspecified atom stereocenters. The van der Waals surface area contributed by atoms with Crippen molar-refractivity contribution in [2.75, 3.05) is 7.11 Å². The van der Waals surface area contributed by atoms with Gasteiger partial charge < -0.3 is 4.74 Å². The molecule has 4 nitrogen and oxygen atoms in total. The summed E-state index contributed by atoms with van der Waals surface area (Å²) >= 11 is 2.24. The van der Waals surface area contributed by atoms with Gasteiger partial charge >= 0.3 is 0 Å². The van der Waals surface area contributed by atoms with Gasteiger partial charge in [-0.25, -0.2) is 9.67 Å². The maximum absolute atomic E-state index is 5.18. The van der Waals surface area contributed by atoms with Crippen LogP contribution in [0.3, 0.4) is 0 Å². The Kier molecular flexibility index (Phi) is 3.92. The van der Waals surface area contributed by atoms with Gasteiger partial charge in [0.15, 0.2) is 5.65 Å². The van der Waals surface area contributed by atoms with Crippen molar-refractivity contribution in [2.24, 2.45) is 0 Å². The smallest absolute Gasteiger partial charge is 0.159 e. The van der Waals surface area contributed by atoms with Crippen molar-refractivity contribution >= 4 is 39.7 Å². The number of rotatable bonds is 4. The van der Waals surface area contributed by atoms with Crippen LogP contribution in [-0.2, 0) is 6.54 Å². The van der Waals surface area contributed by atoms with Gasteiger partial charge in [-0.05, 0) is 51.9 Å². The van der Waals surface area contributed by atoms with Crippen LogP contribution >= 0.6 is 22.6 Å². The lowest BCUT2D eigenvalue weighted by atomic mass is 10.2. The van der Waals surface area contributed by atoms with Crippen LogP contribution in [0.5, 0.6) is 5.75 Å². The molecule has 3 aromatic rings. The lowest BCUT2D eigenvalue weighted by Crippen LogP contribution is -2.02. The highest BCUT2D eigenvalue weighted by molar-refractivity contribution is 14.1. The molecule has 0 saturated carbocycles. The van der Waals surface area contributed by atoms with Crippen LogP contribution in [0, 0.1) is 3.70 Å². The quantitative estimate of drug-likeness (QED) is 0.637. The Hall–Kier alpha value is -1.89. The summed E-state index contributed by atoms with van der Waals surface area (Å²) in [7, 11) is 1.67. The minimum Gasteiger partial charge on any atom is -0.497 e. The van der Waals surface area contributed by atoms with Crippen molar-refractivity contribution in [3.63, 3.8) is 0 Å². The Bertz CT molecular complexity index is 793. The first-order chi connectivity index (χ1) is 10.2. The van der Waals surface area contributed by atoms with E-state index in [-0.39, 0.29) is 0 Å². The normalized spacial score (nSPS) is 10.8. The van der Waals surface area contributed by atoms with E-state index in [2.05, 4.69) is 39.3 Å². The van der Waals surface area contributed by atoms with Crippen molar-refractivity contribution in [3.05, 3.63) is 57.9 Å². The Balaban J connectivity index is 2.02. The Morgan fingerprint density at radius 2 is 2.05 bits per heavy atom. The number of ether oxygens (including phenoxy) is 1. The van der Waals surface area contributed by atoms with Gasteiger partial charge in [-0.15, -0.1) is 0 Å².